The number of rotatable bonds is 5. The number of sulfone groups is 1. The molecule has 122 valence electrons. The molecule has 0 aliphatic rings. The van der Waals surface area contributed by atoms with Crippen LogP contribution < -0.4 is 10.6 Å². The Morgan fingerprint density at radius 1 is 1.04 bits per heavy atom. The van der Waals surface area contributed by atoms with Crippen LogP contribution in [-0.4, -0.2) is 20.7 Å². The normalized spacial score (nSPS) is 12.4. The summed E-state index contributed by atoms with van der Waals surface area (Å²) >= 11 is 0. The van der Waals surface area contributed by atoms with Gasteiger partial charge in [-0.1, -0.05) is 42.5 Å². The molecule has 2 amide bonds. The molecule has 23 heavy (non-hydrogen) atoms. The maximum Gasteiger partial charge on any atom is 0.315 e. The first-order chi connectivity index (χ1) is 10.9. The lowest BCUT2D eigenvalue weighted by Gasteiger charge is -2.15. The summed E-state index contributed by atoms with van der Waals surface area (Å²) in [6, 6.07) is 15.6. The van der Waals surface area contributed by atoms with Crippen molar-refractivity contribution in [1.82, 2.24) is 10.6 Å². The lowest BCUT2D eigenvalue weighted by molar-refractivity contribution is 0.237. The van der Waals surface area contributed by atoms with E-state index in [1.54, 1.807) is 24.3 Å². The number of benzene rings is 2. The molecular formula is C17H20N2O3S. The first-order valence-electron chi connectivity index (χ1n) is 7.24. The van der Waals surface area contributed by atoms with Gasteiger partial charge in [-0.25, -0.2) is 13.2 Å². The van der Waals surface area contributed by atoms with E-state index in [9.17, 15) is 13.2 Å². The van der Waals surface area contributed by atoms with Gasteiger partial charge in [-0.3, -0.25) is 0 Å². The molecule has 2 N–H and O–H groups in total. The van der Waals surface area contributed by atoms with Crippen LogP contribution >= 0.6 is 0 Å². The Hall–Kier alpha value is -2.34. The standard InChI is InChI=1S/C17H20N2O3S/c1-13(15-8-10-16(11-9-15)23(2,21)22)19-17(20)18-12-14-6-4-3-5-7-14/h3-11,13H,12H2,1-2H3,(H2,18,19,20)/t13-/m0/s1. The second-order valence-electron chi connectivity index (χ2n) is 5.38. The second kappa shape index (κ2) is 7.28. The summed E-state index contributed by atoms with van der Waals surface area (Å²) in [4.78, 5) is 12.2. The third-order valence-corrected chi connectivity index (χ3v) is 4.58. The van der Waals surface area contributed by atoms with E-state index in [0.29, 0.717) is 6.54 Å². The van der Waals surface area contributed by atoms with Crippen LogP contribution in [0.4, 0.5) is 4.79 Å². The van der Waals surface area contributed by atoms with Crippen LogP contribution in [0.5, 0.6) is 0 Å². The molecule has 0 bridgehead atoms. The fourth-order valence-electron chi connectivity index (χ4n) is 2.11. The van der Waals surface area contributed by atoms with Crippen molar-refractivity contribution >= 4 is 15.9 Å². The van der Waals surface area contributed by atoms with Crippen molar-refractivity contribution in [2.75, 3.05) is 6.26 Å². The Balaban J connectivity index is 1.90. The fourth-order valence-corrected chi connectivity index (χ4v) is 2.74. The topological polar surface area (TPSA) is 75.3 Å². The highest BCUT2D eigenvalue weighted by atomic mass is 32.2. The quantitative estimate of drug-likeness (QED) is 0.884. The number of urea groups is 1. The van der Waals surface area contributed by atoms with Crippen LogP contribution in [0.3, 0.4) is 0 Å². The Kier molecular flexibility index (Phi) is 5.39. The van der Waals surface area contributed by atoms with E-state index < -0.39 is 9.84 Å². The van der Waals surface area contributed by atoms with Crippen LogP contribution in [0.15, 0.2) is 59.5 Å². The summed E-state index contributed by atoms with van der Waals surface area (Å²) < 4.78 is 22.9. The van der Waals surface area contributed by atoms with Crippen LogP contribution in [0, 0.1) is 0 Å². The maximum atomic E-state index is 11.9. The summed E-state index contributed by atoms with van der Waals surface area (Å²) in [7, 11) is -3.21. The third kappa shape index (κ3) is 5.10. The monoisotopic (exact) mass is 332 g/mol. The Bertz CT molecular complexity index is 756. The molecule has 2 aromatic rings. The Morgan fingerprint density at radius 3 is 2.22 bits per heavy atom. The number of nitrogens with one attached hydrogen (secondary N) is 2. The number of carbonyl (C=O) groups is 1. The average Bonchev–Trinajstić information content (AvgIpc) is 2.53. The molecule has 0 unspecified atom stereocenters. The van der Waals surface area contributed by atoms with Crippen LogP contribution in [0.1, 0.15) is 24.1 Å². The molecule has 0 heterocycles. The molecule has 0 saturated carbocycles. The number of carbonyl (C=O) groups excluding carboxylic acids is 1. The molecule has 0 aliphatic carbocycles. The Labute approximate surface area is 136 Å². The lowest BCUT2D eigenvalue weighted by Crippen LogP contribution is -2.36. The molecule has 0 radical (unpaired) electrons. The minimum absolute atomic E-state index is 0.223. The van der Waals surface area contributed by atoms with Crippen molar-refractivity contribution in [1.29, 1.82) is 0 Å². The van der Waals surface area contributed by atoms with Gasteiger partial charge in [0.05, 0.1) is 10.9 Å². The van der Waals surface area contributed by atoms with Gasteiger partial charge in [0.2, 0.25) is 0 Å². The predicted octanol–water partition coefficient (Wildman–Crippen LogP) is 2.65. The van der Waals surface area contributed by atoms with Gasteiger partial charge in [0.25, 0.3) is 0 Å². The molecule has 5 nitrogen and oxygen atoms in total. The lowest BCUT2D eigenvalue weighted by atomic mass is 10.1. The molecule has 1 atom stereocenters. The largest absolute Gasteiger partial charge is 0.334 e. The highest BCUT2D eigenvalue weighted by molar-refractivity contribution is 7.90. The Morgan fingerprint density at radius 2 is 1.65 bits per heavy atom. The SMILES string of the molecule is C[C@H](NC(=O)NCc1ccccc1)c1ccc(S(C)(=O)=O)cc1. The van der Waals surface area contributed by atoms with Crippen molar-refractivity contribution in [2.24, 2.45) is 0 Å². The minimum Gasteiger partial charge on any atom is -0.334 e. The van der Waals surface area contributed by atoms with E-state index in [0.717, 1.165) is 11.1 Å². The highest BCUT2D eigenvalue weighted by Gasteiger charge is 2.11. The van der Waals surface area contributed by atoms with E-state index in [1.165, 1.54) is 6.26 Å². The van der Waals surface area contributed by atoms with Gasteiger partial charge in [0, 0.05) is 12.8 Å². The molecule has 6 heteroatoms. The zero-order chi connectivity index (χ0) is 16.9. The van der Waals surface area contributed by atoms with Gasteiger partial charge < -0.3 is 10.6 Å². The summed E-state index contributed by atoms with van der Waals surface area (Å²) in [5, 5.41) is 5.61. The predicted molar refractivity (Wildman–Crippen MR) is 89.8 cm³/mol. The van der Waals surface area contributed by atoms with Crippen LogP contribution in [-0.2, 0) is 16.4 Å². The smallest absolute Gasteiger partial charge is 0.315 e. The molecule has 0 spiro atoms. The van der Waals surface area contributed by atoms with E-state index in [4.69, 9.17) is 0 Å². The first kappa shape index (κ1) is 17.0. The summed E-state index contributed by atoms with van der Waals surface area (Å²) in [6.07, 6.45) is 1.17. The van der Waals surface area contributed by atoms with Gasteiger partial charge in [0.15, 0.2) is 9.84 Å². The van der Waals surface area contributed by atoms with Gasteiger partial charge in [-0.2, -0.15) is 0 Å². The molecular weight excluding hydrogens is 312 g/mol. The van der Waals surface area contributed by atoms with Gasteiger partial charge in [-0.05, 0) is 30.2 Å². The van der Waals surface area contributed by atoms with Gasteiger partial charge in [-0.15, -0.1) is 0 Å². The zero-order valence-corrected chi connectivity index (χ0v) is 13.9. The molecule has 2 aromatic carbocycles. The second-order valence-corrected chi connectivity index (χ2v) is 7.39. The zero-order valence-electron chi connectivity index (χ0n) is 13.1. The van der Waals surface area contributed by atoms with Gasteiger partial charge >= 0.3 is 6.03 Å². The summed E-state index contributed by atoms with van der Waals surface area (Å²) in [6.45, 7) is 2.30. The first-order valence-corrected chi connectivity index (χ1v) is 9.14. The van der Waals surface area contributed by atoms with E-state index in [-0.39, 0.29) is 17.0 Å². The number of amides is 2. The number of hydrogen-bond acceptors (Lipinski definition) is 3. The van der Waals surface area contributed by atoms with Crippen molar-refractivity contribution in [3.05, 3.63) is 65.7 Å². The molecule has 0 aromatic heterocycles. The van der Waals surface area contributed by atoms with Crippen LogP contribution in [0.2, 0.25) is 0 Å². The molecule has 2 rings (SSSR count). The number of hydrogen-bond donors (Lipinski definition) is 2. The third-order valence-electron chi connectivity index (χ3n) is 3.45. The van der Waals surface area contributed by atoms with Crippen molar-refractivity contribution in [3.63, 3.8) is 0 Å². The minimum atomic E-state index is -3.21. The fraction of sp³-hybridized carbons (Fsp3) is 0.235. The van der Waals surface area contributed by atoms with Crippen molar-refractivity contribution in [3.8, 4) is 0 Å². The van der Waals surface area contributed by atoms with Crippen LogP contribution in [0.25, 0.3) is 0 Å². The van der Waals surface area contributed by atoms with Crippen molar-refractivity contribution < 1.29 is 13.2 Å². The van der Waals surface area contributed by atoms with E-state index in [1.807, 2.05) is 37.3 Å². The summed E-state index contributed by atoms with van der Waals surface area (Å²) in [5.74, 6) is 0. The van der Waals surface area contributed by atoms with Gasteiger partial charge in [0.1, 0.15) is 0 Å². The highest BCUT2D eigenvalue weighted by Crippen LogP contribution is 2.16. The maximum absolute atomic E-state index is 11.9. The van der Waals surface area contributed by atoms with E-state index >= 15 is 0 Å². The van der Waals surface area contributed by atoms with Crippen molar-refractivity contribution in [2.45, 2.75) is 24.4 Å². The summed E-state index contributed by atoms with van der Waals surface area (Å²) in [5.41, 5.74) is 1.86. The molecule has 0 fully saturated rings. The molecule has 0 saturated heterocycles. The molecule has 0 aliphatic heterocycles. The average molecular weight is 332 g/mol. The van der Waals surface area contributed by atoms with E-state index in [2.05, 4.69) is 10.6 Å².